The van der Waals surface area contributed by atoms with Gasteiger partial charge in [-0.3, -0.25) is 9.59 Å². The minimum absolute atomic E-state index is 0.0491. The molecule has 0 aromatic carbocycles. The number of hydrogen-bond acceptors (Lipinski definition) is 6. The van der Waals surface area contributed by atoms with Gasteiger partial charge in [0, 0.05) is 18.3 Å². The van der Waals surface area contributed by atoms with Crippen molar-refractivity contribution in [3.8, 4) is 11.6 Å². The zero-order valence-electron chi connectivity index (χ0n) is 15.3. The Kier molecular flexibility index (Phi) is 4.86. The Morgan fingerprint density at radius 2 is 2.04 bits per heavy atom. The Hall–Kier alpha value is -2.61. The number of aryl methyl sites for hydroxylation is 1. The summed E-state index contributed by atoms with van der Waals surface area (Å²) in [6.45, 7) is 6.92. The lowest BCUT2D eigenvalue weighted by Gasteiger charge is -2.09. The van der Waals surface area contributed by atoms with Gasteiger partial charge in [0.2, 0.25) is 0 Å². The zero-order chi connectivity index (χ0) is 19.0. The smallest absolute Gasteiger partial charge is 0.200 e. The quantitative estimate of drug-likeness (QED) is 0.525. The first kappa shape index (κ1) is 18.2. The second-order valence-electron chi connectivity index (χ2n) is 6.15. The lowest BCUT2D eigenvalue weighted by molar-refractivity contribution is 0.0988. The molecule has 136 valence electrons. The van der Waals surface area contributed by atoms with Gasteiger partial charge in [0.05, 0.1) is 17.2 Å². The molecule has 0 saturated heterocycles. The van der Waals surface area contributed by atoms with Crippen molar-refractivity contribution in [1.82, 2.24) is 19.7 Å². The lowest BCUT2D eigenvalue weighted by Crippen LogP contribution is -2.16. The van der Waals surface area contributed by atoms with Gasteiger partial charge in [0.25, 0.3) is 0 Å². The summed E-state index contributed by atoms with van der Waals surface area (Å²) in [5.41, 5.74) is 2.47. The molecule has 0 spiro atoms. The van der Waals surface area contributed by atoms with Crippen molar-refractivity contribution in [1.29, 1.82) is 0 Å². The lowest BCUT2D eigenvalue weighted by atomic mass is 10.0. The van der Waals surface area contributed by atoms with Gasteiger partial charge >= 0.3 is 0 Å². The van der Waals surface area contributed by atoms with Crippen LogP contribution in [0.15, 0.2) is 28.0 Å². The molecule has 0 unspecified atom stereocenters. The van der Waals surface area contributed by atoms with Gasteiger partial charge in [-0.05, 0) is 45.4 Å². The summed E-state index contributed by atoms with van der Waals surface area (Å²) in [6, 6.07) is 3.59. The van der Waals surface area contributed by atoms with Crippen LogP contribution in [0.1, 0.15) is 46.0 Å². The number of carbonyl (C=O) groups excluding carboxylic acids is 2. The van der Waals surface area contributed by atoms with E-state index in [2.05, 4.69) is 15.2 Å². The molecule has 0 aliphatic carbocycles. The largest absolute Gasteiger partial charge is 0.461 e. The molecular weight excluding hydrogens is 352 g/mol. The zero-order valence-corrected chi connectivity index (χ0v) is 16.1. The Labute approximate surface area is 155 Å². The highest BCUT2D eigenvalue weighted by molar-refractivity contribution is 8.00. The van der Waals surface area contributed by atoms with Crippen LogP contribution >= 0.6 is 11.8 Å². The summed E-state index contributed by atoms with van der Waals surface area (Å²) in [5.74, 6) is 1.09. The maximum absolute atomic E-state index is 12.9. The van der Waals surface area contributed by atoms with Crippen LogP contribution in [-0.4, -0.2) is 36.6 Å². The third-order valence-electron chi connectivity index (χ3n) is 4.26. The summed E-state index contributed by atoms with van der Waals surface area (Å²) in [4.78, 5) is 27.7. The van der Waals surface area contributed by atoms with Crippen molar-refractivity contribution in [3.63, 3.8) is 0 Å². The SMILES string of the molecule is CC(=O)c1c(C)[nH]c(C(=O)[C@@H](C)Sc2nnc(-c3ccco3)n2C)c1C. The molecule has 0 aliphatic heterocycles. The highest BCUT2D eigenvalue weighted by Crippen LogP contribution is 2.29. The minimum atomic E-state index is -0.390. The van der Waals surface area contributed by atoms with Gasteiger partial charge in [-0.2, -0.15) is 0 Å². The van der Waals surface area contributed by atoms with Crippen LogP contribution in [0.3, 0.4) is 0 Å². The van der Waals surface area contributed by atoms with E-state index in [4.69, 9.17) is 4.42 Å². The normalized spacial score (nSPS) is 12.3. The second-order valence-corrected chi connectivity index (χ2v) is 7.46. The maximum Gasteiger partial charge on any atom is 0.200 e. The maximum atomic E-state index is 12.9. The van der Waals surface area contributed by atoms with E-state index in [1.165, 1.54) is 18.7 Å². The van der Waals surface area contributed by atoms with Crippen LogP contribution in [0.5, 0.6) is 0 Å². The van der Waals surface area contributed by atoms with E-state index in [1.807, 2.05) is 14.0 Å². The number of H-pyrrole nitrogens is 1. The standard InChI is InChI=1S/C18H20N4O3S/c1-9-14(11(3)23)10(2)19-15(9)16(24)12(4)26-18-21-20-17(22(18)5)13-7-6-8-25-13/h6-8,12,19H,1-5H3/t12-/m1/s1. The average Bonchev–Trinajstić information content (AvgIpc) is 3.28. The van der Waals surface area contributed by atoms with Crippen LogP contribution in [0.2, 0.25) is 0 Å². The molecule has 3 rings (SSSR count). The molecule has 0 amide bonds. The molecule has 0 fully saturated rings. The number of carbonyl (C=O) groups is 2. The van der Waals surface area contributed by atoms with Crippen LogP contribution in [0, 0.1) is 13.8 Å². The number of aromatic amines is 1. The van der Waals surface area contributed by atoms with Gasteiger partial charge in [0.15, 0.2) is 28.3 Å². The molecule has 26 heavy (non-hydrogen) atoms. The summed E-state index contributed by atoms with van der Waals surface area (Å²) < 4.78 is 7.15. The predicted molar refractivity (Wildman–Crippen MR) is 98.6 cm³/mol. The molecule has 7 nitrogen and oxygen atoms in total. The number of furan rings is 1. The first-order valence-electron chi connectivity index (χ1n) is 8.15. The number of thioether (sulfide) groups is 1. The third kappa shape index (κ3) is 3.12. The third-order valence-corrected chi connectivity index (χ3v) is 5.40. The molecule has 3 aromatic heterocycles. The molecule has 1 atom stereocenters. The Bertz CT molecular complexity index is 969. The van der Waals surface area contributed by atoms with E-state index in [1.54, 1.807) is 36.8 Å². The van der Waals surface area contributed by atoms with E-state index in [0.29, 0.717) is 39.3 Å². The fourth-order valence-corrected chi connectivity index (χ4v) is 3.85. The summed E-state index contributed by atoms with van der Waals surface area (Å²) in [7, 11) is 1.83. The molecule has 1 N–H and O–H groups in total. The summed E-state index contributed by atoms with van der Waals surface area (Å²) >= 11 is 1.32. The number of rotatable bonds is 6. The number of Topliss-reactive ketones (excluding diaryl/α,β-unsaturated/α-hetero) is 2. The van der Waals surface area contributed by atoms with Crippen molar-refractivity contribution in [3.05, 3.63) is 40.9 Å². The molecule has 8 heteroatoms. The predicted octanol–water partition coefficient (Wildman–Crippen LogP) is 3.59. The summed E-state index contributed by atoms with van der Waals surface area (Å²) in [6.07, 6.45) is 1.58. The van der Waals surface area contributed by atoms with Gasteiger partial charge in [-0.15, -0.1) is 10.2 Å². The first-order chi connectivity index (χ1) is 12.3. The molecule has 3 aromatic rings. The van der Waals surface area contributed by atoms with Crippen LogP contribution in [0.4, 0.5) is 0 Å². The first-order valence-corrected chi connectivity index (χ1v) is 9.03. The highest BCUT2D eigenvalue weighted by atomic mass is 32.2. The molecular formula is C18H20N4O3S. The van der Waals surface area contributed by atoms with Crippen LogP contribution in [-0.2, 0) is 7.05 Å². The van der Waals surface area contributed by atoms with E-state index in [0.717, 1.165) is 0 Å². The van der Waals surface area contributed by atoms with Crippen molar-refractivity contribution >= 4 is 23.3 Å². The van der Waals surface area contributed by atoms with Crippen LogP contribution < -0.4 is 0 Å². The van der Waals surface area contributed by atoms with Crippen molar-refractivity contribution < 1.29 is 14.0 Å². The van der Waals surface area contributed by atoms with Crippen LogP contribution in [0.25, 0.3) is 11.6 Å². The minimum Gasteiger partial charge on any atom is -0.461 e. The van der Waals surface area contributed by atoms with Gasteiger partial charge < -0.3 is 14.0 Å². The molecule has 3 heterocycles. The highest BCUT2D eigenvalue weighted by Gasteiger charge is 2.26. The Morgan fingerprint density at radius 1 is 1.31 bits per heavy atom. The van der Waals surface area contributed by atoms with Crippen molar-refractivity contribution in [2.24, 2.45) is 7.05 Å². The molecule has 0 radical (unpaired) electrons. The average molecular weight is 372 g/mol. The Morgan fingerprint density at radius 3 is 2.62 bits per heavy atom. The number of aromatic nitrogens is 4. The van der Waals surface area contributed by atoms with Gasteiger partial charge in [0.1, 0.15) is 0 Å². The van der Waals surface area contributed by atoms with E-state index in [-0.39, 0.29) is 16.8 Å². The van der Waals surface area contributed by atoms with E-state index < -0.39 is 0 Å². The molecule has 0 bridgehead atoms. The van der Waals surface area contributed by atoms with Gasteiger partial charge in [-0.25, -0.2) is 0 Å². The molecule has 0 saturated carbocycles. The molecule has 0 aliphatic rings. The van der Waals surface area contributed by atoms with Crippen molar-refractivity contribution in [2.75, 3.05) is 0 Å². The van der Waals surface area contributed by atoms with Crippen molar-refractivity contribution in [2.45, 2.75) is 38.1 Å². The monoisotopic (exact) mass is 372 g/mol. The van der Waals surface area contributed by atoms with Gasteiger partial charge in [-0.1, -0.05) is 11.8 Å². The number of ketones is 2. The second kappa shape index (κ2) is 6.95. The Balaban J connectivity index is 1.83. The number of hydrogen-bond donors (Lipinski definition) is 1. The fraction of sp³-hybridized carbons (Fsp3) is 0.333. The van der Waals surface area contributed by atoms with E-state index in [9.17, 15) is 9.59 Å². The summed E-state index contributed by atoms with van der Waals surface area (Å²) in [5, 5.41) is 8.52. The number of nitrogens with zero attached hydrogens (tertiary/aromatic N) is 3. The van der Waals surface area contributed by atoms with E-state index >= 15 is 0 Å². The number of nitrogens with one attached hydrogen (secondary N) is 1. The topological polar surface area (TPSA) is 93.8 Å². The fourth-order valence-electron chi connectivity index (χ4n) is 2.98.